The normalized spacial score (nSPS) is 20.7. The Labute approximate surface area is 115 Å². The Bertz CT molecular complexity index is 339. The lowest BCUT2D eigenvalue weighted by Gasteiger charge is -2.33. The molecule has 0 aliphatic carbocycles. The van der Waals surface area contributed by atoms with Gasteiger partial charge in [0.15, 0.2) is 5.66 Å². The maximum Gasteiger partial charge on any atom is 0.347 e. The van der Waals surface area contributed by atoms with Gasteiger partial charge in [-0.15, -0.1) is 0 Å². The van der Waals surface area contributed by atoms with Gasteiger partial charge in [-0.25, -0.2) is 0 Å². The van der Waals surface area contributed by atoms with Gasteiger partial charge in [0.2, 0.25) is 0 Å². The fourth-order valence-corrected chi connectivity index (χ4v) is 4.61. The molecule has 2 atom stereocenters. The van der Waals surface area contributed by atoms with E-state index in [1.807, 2.05) is 6.92 Å². The van der Waals surface area contributed by atoms with E-state index in [0.29, 0.717) is 19.1 Å². The maximum absolute atomic E-state index is 12.7. The molecule has 0 amide bonds. The van der Waals surface area contributed by atoms with Crippen LogP contribution in [0.3, 0.4) is 0 Å². The van der Waals surface area contributed by atoms with E-state index in [1.54, 1.807) is 13.8 Å². The van der Waals surface area contributed by atoms with Crippen LogP contribution < -0.4 is 0 Å². The van der Waals surface area contributed by atoms with Crippen LogP contribution in [0.1, 0.15) is 33.6 Å². The number of nitriles is 1. The van der Waals surface area contributed by atoms with Crippen LogP contribution in [-0.2, 0) is 18.3 Å². The summed E-state index contributed by atoms with van der Waals surface area (Å²) in [4.78, 5) is 0. The van der Waals surface area contributed by atoms with Crippen molar-refractivity contribution >= 4 is 7.60 Å². The molecule has 0 spiro atoms. The SMILES string of the molecule is CCOP(=O)(OCC)C(C#N)C(C)C1CCOCC1. The van der Waals surface area contributed by atoms with Crippen LogP contribution >= 0.6 is 7.60 Å². The Morgan fingerprint density at radius 3 is 2.26 bits per heavy atom. The van der Waals surface area contributed by atoms with Crippen LogP contribution in [0.25, 0.3) is 0 Å². The van der Waals surface area contributed by atoms with E-state index in [9.17, 15) is 9.83 Å². The molecule has 5 nitrogen and oxygen atoms in total. The highest BCUT2D eigenvalue weighted by atomic mass is 31.2. The van der Waals surface area contributed by atoms with E-state index in [4.69, 9.17) is 13.8 Å². The molecule has 0 aromatic carbocycles. The van der Waals surface area contributed by atoms with E-state index in [-0.39, 0.29) is 19.1 Å². The van der Waals surface area contributed by atoms with Gasteiger partial charge >= 0.3 is 7.60 Å². The Morgan fingerprint density at radius 2 is 1.84 bits per heavy atom. The van der Waals surface area contributed by atoms with Crippen molar-refractivity contribution in [1.82, 2.24) is 0 Å². The lowest BCUT2D eigenvalue weighted by Crippen LogP contribution is -2.30. The molecule has 6 heteroatoms. The summed E-state index contributed by atoms with van der Waals surface area (Å²) in [6, 6.07) is 2.16. The molecule has 19 heavy (non-hydrogen) atoms. The summed E-state index contributed by atoms with van der Waals surface area (Å²) in [5.41, 5.74) is -0.699. The topological polar surface area (TPSA) is 68.5 Å². The largest absolute Gasteiger partial charge is 0.381 e. The van der Waals surface area contributed by atoms with E-state index in [2.05, 4.69) is 6.07 Å². The predicted octanol–water partition coefficient (Wildman–Crippen LogP) is 3.21. The summed E-state index contributed by atoms with van der Waals surface area (Å²) < 4.78 is 28.7. The van der Waals surface area contributed by atoms with Crippen molar-refractivity contribution in [3.8, 4) is 6.07 Å². The monoisotopic (exact) mass is 289 g/mol. The zero-order valence-electron chi connectivity index (χ0n) is 12.0. The van der Waals surface area contributed by atoms with E-state index in [0.717, 1.165) is 12.8 Å². The minimum atomic E-state index is -3.35. The molecule has 0 radical (unpaired) electrons. The van der Waals surface area contributed by atoms with E-state index >= 15 is 0 Å². The predicted molar refractivity (Wildman–Crippen MR) is 73.0 cm³/mol. The van der Waals surface area contributed by atoms with E-state index < -0.39 is 13.3 Å². The second kappa shape index (κ2) is 8.01. The van der Waals surface area contributed by atoms with Gasteiger partial charge in [-0.1, -0.05) is 6.92 Å². The van der Waals surface area contributed by atoms with Gasteiger partial charge < -0.3 is 13.8 Å². The number of nitrogens with zero attached hydrogens (tertiary/aromatic N) is 1. The maximum atomic E-state index is 12.7. The summed E-state index contributed by atoms with van der Waals surface area (Å²) in [6.07, 6.45) is 1.80. The van der Waals surface area contributed by atoms with Gasteiger partial charge in [-0.05, 0) is 38.5 Å². The highest BCUT2D eigenvalue weighted by molar-refractivity contribution is 7.55. The van der Waals surface area contributed by atoms with Crippen LogP contribution in [0.5, 0.6) is 0 Å². The van der Waals surface area contributed by atoms with Gasteiger partial charge in [0, 0.05) is 13.2 Å². The van der Waals surface area contributed by atoms with Gasteiger partial charge in [0.05, 0.1) is 19.3 Å². The van der Waals surface area contributed by atoms with Crippen LogP contribution in [0.15, 0.2) is 0 Å². The molecule has 1 aliphatic heterocycles. The molecule has 1 fully saturated rings. The van der Waals surface area contributed by atoms with Crippen LogP contribution in [0, 0.1) is 23.2 Å². The summed E-state index contributed by atoms with van der Waals surface area (Å²) in [5, 5.41) is 9.40. The first kappa shape index (κ1) is 16.7. The first-order valence-corrected chi connectivity index (χ1v) is 8.56. The molecular formula is C13H24NO4P. The third-order valence-corrected chi connectivity index (χ3v) is 6.10. The molecule has 0 saturated carbocycles. The lowest BCUT2D eigenvalue weighted by molar-refractivity contribution is 0.0488. The zero-order chi connectivity index (χ0) is 14.3. The molecule has 1 saturated heterocycles. The third kappa shape index (κ3) is 4.29. The van der Waals surface area contributed by atoms with E-state index in [1.165, 1.54) is 0 Å². The molecule has 1 heterocycles. The fourth-order valence-electron chi connectivity index (χ4n) is 2.53. The first-order chi connectivity index (χ1) is 9.09. The molecular weight excluding hydrogens is 265 g/mol. The molecule has 1 aliphatic rings. The van der Waals surface area contributed by atoms with Gasteiger partial charge in [-0.2, -0.15) is 5.26 Å². The Hall–Kier alpha value is -0.400. The second-order valence-corrected chi connectivity index (χ2v) is 6.91. The molecule has 0 aromatic heterocycles. The number of rotatable bonds is 7. The first-order valence-electron chi connectivity index (χ1n) is 6.95. The Balaban J connectivity index is 2.83. The average molecular weight is 289 g/mol. The molecule has 2 unspecified atom stereocenters. The average Bonchev–Trinajstić information content (AvgIpc) is 2.40. The van der Waals surface area contributed by atoms with Crippen molar-refractivity contribution in [3.63, 3.8) is 0 Å². The summed E-state index contributed by atoms with van der Waals surface area (Å²) in [5.74, 6) is 0.325. The lowest BCUT2D eigenvalue weighted by atomic mass is 9.85. The van der Waals surface area contributed by atoms with Gasteiger partial charge in [-0.3, -0.25) is 4.57 Å². The minimum absolute atomic E-state index is 0.0159. The van der Waals surface area contributed by atoms with Crippen molar-refractivity contribution in [2.24, 2.45) is 11.8 Å². The summed E-state index contributed by atoms with van der Waals surface area (Å²) in [7, 11) is -3.35. The fraction of sp³-hybridized carbons (Fsp3) is 0.923. The summed E-state index contributed by atoms with van der Waals surface area (Å²) in [6.45, 7) is 7.49. The molecule has 0 N–H and O–H groups in total. The highest BCUT2D eigenvalue weighted by Gasteiger charge is 2.42. The minimum Gasteiger partial charge on any atom is -0.381 e. The van der Waals surface area contributed by atoms with Crippen LogP contribution in [0.2, 0.25) is 0 Å². The Kier molecular flexibility index (Phi) is 7.02. The van der Waals surface area contributed by atoms with Gasteiger partial charge in [0.1, 0.15) is 0 Å². The van der Waals surface area contributed by atoms with Crippen molar-refractivity contribution < 1.29 is 18.3 Å². The quantitative estimate of drug-likeness (QED) is 0.673. The van der Waals surface area contributed by atoms with Crippen LogP contribution in [-0.4, -0.2) is 32.1 Å². The standard InChI is InChI=1S/C13H24NO4P/c1-4-17-19(15,18-5-2)13(10-14)11(3)12-6-8-16-9-7-12/h11-13H,4-9H2,1-3H3. The number of hydrogen-bond donors (Lipinski definition) is 0. The highest BCUT2D eigenvalue weighted by Crippen LogP contribution is 2.56. The molecule has 110 valence electrons. The molecule has 1 rings (SSSR count). The van der Waals surface area contributed by atoms with Gasteiger partial charge in [0.25, 0.3) is 0 Å². The zero-order valence-corrected chi connectivity index (χ0v) is 12.9. The van der Waals surface area contributed by atoms with Crippen LogP contribution in [0.4, 0.5) is 0 Å². The summed E-state index contributed by atoms with van der Waals surface area (Å²) >= 11 is 0. The van der Waals surface area contributed by atoms with Crippen molar-refractivity contribution in [2.45, 2.75) is 39.3 Å². The molecule has 0 bridgehead atoms. The van der Waals surface area contributed by atoms with Crippen molar-refractivity contribution in [3.05, 3.63) is 0 Å². The number of ether oxygens (including phenoxy) is 1. The Morgan fingerprint density at radius 1 is 1.32 bits per heavy atom. The van der Waals surface area contributed by atoms with Crippen molar-refractivity contribution in [2.75, 3.05) is 26.4 Å². The number of hydrogen-bond acceptors (Lipinski definition) is 5. The second-order valence-electron chi connectivity index (χ2n) is 4.76. The smallest absolute Gasteiger partial charge is 0.347 e. The molecule has 0 aromatic rings. The third-order valence-electron chi connectivity index (χ3n) is 3.60. The van der Waals surface area contributed by atoms with Crippen molar-refractivity contribution in [1.29, 1.82) is 5.26 Å².